The number of halogens is 1. The molecule has 0 aliphatic rings. The third-order valence-electron chi connectivity index (χ3n) is 5.01. The molecule has 7 nitrogen and oxygen atoms in total. The molecule has 0 bridgehead atoms. The summed E-state index contributed by atoms with van der Waals surface area (Å²) in [7, 11) is 1.76. The second-order valence-corrected chi connectivity index (χ2v) is 8.65. The maximum Gasteiger partial charge on any atom is 0.404 e. The van der Waals surface area contributed by atoms with Crippen LogP contribution in [0.25, 0.3) is 21.7 Å². The van der Waals surface area contributed by atoms with Gasteiger partial charge in [0, 0.05) is 30.7 Å². The molecule has 0 aliphatic heterocycles. The Morgan fingerprint density at radius 2 is 2.07 bits per heavy atom. The summed E-state index contributed by atoms with van der Waals surface area (Å²) in [6.45, 7) is 6.16. The Morgan fingerprint density at radius 3 is 2.76 bits per heavy atom. The summed E-state index contributed by atoms with van der Waals surface area (Å²) in [5.41, 5.74) is 1.45. The van der Waals surface area contributed by atoms with E-state index in [2.05, 4.69) is 32.9 Å². The van der Waals surface area contributed by atoms with Gasteiger partial charge < -0.3 is 19.7 Å². The van der Waals surface area contributed by atoms with Gasteiger partial charge in [-0.15, -0.1) is 0 Å². The number of nitrogens with one attached hydrogen (secondary N) is 1. The van der Waals surface area contributed by atoms with Gasteiger partial charge in [0.1, 0.15) is 5.75 Å². The van der Waals surface area contributed by atoms with Gasteiger partial charge >= 0.3 is 6.09 Å². The molecular weight excluding hydrogens is 485 g/mol. The Labute approximate surface area is 182 Å². The van der Waals surface area contributed by atoms with Crippen LogP contribution in [0.5, 0.6) is 5.75 Å². The van der Waals surface area contributed by atoms with Gasteiger partial charge in [-0.05, 0) is 66.3 Å². The fraction of sp³-hybridized carbons (Fsp3) is 0.381. The molecular formula is C21H24IN3O4. The van der Waals surface area contributed by atoms with Crippen molar-refractivity contribution in [1.29, 1.82) is 0 Å². The Hall–Kier alpha value is -2.36. The number of amides is 1. The van der Waals surface area contributed by atoms with Crippen LogP contribution in [0.2, 0.25) is 0 Å². The SMILES string of the molecule is Cc1nccc2c1c(=O)n(C)c1cc(OCC(C)CC(C)NC(=O)O)c(I)cc21. The smallest absolute Gasteiger partial charge is 0.404 e. The summed E-state index contributed by atoms with van der Waals surface area (Å²) >= 11 is 2.24. The van der Waals surface area contributed by atoms with E-state index >= 15 is 0 Å². The molecule has 0 aliphatic carbocycles. The average Bonchev–Trinajstić information content (AvgIpc) is 2.64. The molecule has 1 aromatic carbocycles. The van der Waals surface area contributed by atoms with Crippen molar-refractivity contribution in [1.82, 2.24) is 14.9 Å². The normalized spacial score (nSPS) is 13.4. The monoisotopic (exact) mass is 509 g/mol. The van der Waals surface area contributed by atoms with Gasteiger partial charge in [0.25, 0.3) is 5.56 Å². The van der Waals surface area contributed by atoms with Gasteiger partial charge in [-0.2, -0.15) is 0 Å². The maximum absolute atomic E-state index is 12.9. The molecule has 0 saturated heterocycles. The van der Waals surface area contributed by atoms with Gasteiger partial charge in [-0.25, -0.2) is 4.79 Å². The first-order chi connectivity index (χ1) is 13.7. The molecule has 3 aromatic rings. The number of hydrogen-bond donors (Lipinski definition) is 2. The predicted octanol–water partition coefficient (Wildman–Crippen LogP) is 4.06. The number of fused-ring (bicyclic) bond motifs is 3. The van der Waals surface area contributed by atoms with Gasteiger partial charge in [-0.1, -0.05) is 6.92 Å². The van der Waals surface area contributed by atoms with Crippen LogP contribution >= 0.6 is 22.6 Å². The van der Waals surface area contributed by atoms with E-state index in [-0.39, 0.29) is 17.5 Å². The molecule has 29 heavy (non-hydrogen) atoms. The first kappa shape index (κ1) is 21.4. The average molecular weight is 509 g/mol. The topological polar surface area (TPSA) is 93.5 Å². The van der Waals surface area contributed by atoms with Crippen molar-refractivity contribution < 1.29 is 14.6 Å². The minimum absolute atomic E-state index is 0.0767. The minimum Gasteiger partial charge on any atom is -0.492 e. The maximum atomic E-state index is 12.9. The molecule has 2 N–H and O–H groups in total. The highest BCUT2D eigenvalue weighted by Crippen LogP contribution is 2.31. The number of hydrogen-bond acceptors (Lipinski definition) is 4. The van der Waals surface area contributed by atoms with E-state index < -0.39 is 6.09 Å². The highest BCUT2D eigenvalue weighted by molar-refractivity contribution is 14.1. The fourth-order valence-electron chi connectivity index (χ4n) is 3.66. The molecule has 2 unspecified atom stereocenters. The zero-order chi connectivity index (χ0) is 21.3. The van der Waals surface area contributed by atoms with Crippen LogP contribution in [0.4, 0.5) is 4.79 Å². The molecule has 8 heteroatoms. The summed E-state index contributed by atoms with van der Waals surface area (Å²) < 4.78 is 8.62. The number of pyridine rings is 2. The lowest BCUT2D eigenvalue weighted by atomic mass is 10.0. The van der Waals surface area contributed by atoms with Crippen molar-refractivity contribution in [2.75, 3.05) is 6.61 Å². The van der Waals surface area contributed by atoms with Crippen LogP contribution in [-0.2, 0) is 7.05 Å². The first-order valence-electron chi connectivity index (χ1n) is 9.38. The molecule has 154 valence electrons. The van der Waals surface area contributed by atoms with Crippen LogP contribution in [0.1, 0.15) is 26.0 Å². The minimum atomic E-state index is -1.02. The number of aryl methyl sites for hydroxylation is 2. The van der Waals surface area contributed by atoms with Crippen LogP contribution < -0.4 is 15.6 Å². The van der Waals surface area contributed by atoms with E-state index in [1.807, 2.05) is 39.0 Å². The molecule has 2 atom stereocenters. The van der Waals surface area contributed by atoms with Crippen molar-refractivity contribution in [2.45, 2.75) is 33.2 Å². The van der Waals surface area contributed by atoms with E-state index in [1.54, 1.807) is 17.8 Å². The fourth-order valence-corrected chi connectivity index (χ4v) is 4.28. The van der Waals surface area contributed by atoms with Gasteiger partial charge in [0.2, 0.25) is 0 Å². The molecule has 0 spiro atoms. The highest BCUT2D eigenvalue weighted by Gasteiger charge is 2.16. The van der Waals surface area contributed by atoms with Crippen LogP contribution in [0, 0.1) is 16.4 Å². The summed E-state index contributed by atoms with van der Waals surface area (Å²) in [4.78, 5) is 27.9. The molecule has 2 aromatic heterocycles. The Bertz CT molecular complexity index is 1140. The lowest BCUT2D eigenvalue weighted by Gasteiger charge is -2.19. The summed E-state index contributed by atoms with van der Waals surface area (Å²) in [5.74, 6) is 0.876. The number of carbonyl (C=O) groups is 1. The van der Waals surface area contributed by atoms with E-state index in [0.29, 0.717) is 24.2 Å². The lowest BCUT2D eigenvalue weighted by Crippen LogP contribution is -2.33. The number of aromatic nitrogens is 2. The van der Waals surface area contributed by atoms with Crippen molar-refractivity contribution >= 4 is 50.4 Å². The quantitative estimate of drug-likeness (QED) is 0.386. The zero-order valence-electron chi connectivity index (χ0n) is 16.8. The zero-order valence-corrected chi connectivity index (χ0v) is 19.0. The Morgan fingerprint density at radius 1 is 1.34 bits per heavy atom. The van der Waals surface area contributed by atoms with Gasteiger partial charge in [0.05, 0.1) is 26.8 Å². The predicted molar refractivity (Wildman–Crippen MR) is 122 cm³/mol. The molecule has 3 rings (SSSR count). The summed E-state index contributed by atoms with van der Waals surface area (Å²) in [6.07, 6.45) is 1.38. The number of nitrogens with zero attached hydrogens (tertiary/aromatic N) is 2. The Kier molecular flexibility index (Phi) is 6.30. The first-order valence-corrected chi connectivity index (χ1v) is 10.5. The van der Waals surface area contributed by atoms with E-state index in [9.17, 15) is 9.59 Å². The Balaban J connectivity index is 1.92. The highest BCUT2D eigenvalue weighted by atomic mass is 127. The number of carboxylic acid groups (broad SMARTS) is 1. The van der Waals surface area contributed by atoms with Crippen molar-refractivity contribution in [3.05, 3.63) is 44.0 Å². The van der Waals surface area contributed by atoms with Crippen molar-refractivity contribution in [3.63, 3.8) is 0 Å². The third-order valence-corrected chi connectivity index (χ3v) is 5.85. The van der Waals surface area contributed by atoms with E-state index in [0.717, 1.165) is 25.6 Å². The number of rotatable bonds is 6. The largest absolute Gasteiger partial charge is 0.492 e. The van der Waals surface area contributed by atoms with E-state index in [4.69, 9.17) is 9.84 Å². The van der Waals surface area contributed by atoms with Crippen LogP contribution in [-0.4, -0.2) is 33.4 Å². The second kappa shape index (κ2) is 8.56. The standard InChI is InChI=1S/C21H24IN3O4/c1-11(7-12(2)24-21(27)28)10-29-18-9-17-15(8-16(18)22)14-5-6-23-13(3)19(14)20(26)25(17)4/h5-6,8-9,11-12,24H,7,10H2,1-4H3,(H,27,28). The summed E-state index contributed by atoms with van der Waals surface area (Å²) in [6, 6.07) is 5.66. The molecule has 2 heterocycles. The summed E-state index contributed by atoms with van der Waals surface area (Å²) in [5, 5.41) is 13.8. The van der Waals surface area contributed by atoms with E-state index in [1.165, 1.54) is 0 Å². The van der Waals surface area contributed by atoms with Crippen LogP contribution in [0.15, 0.2) is 29.2 Å². The second-order valence-electron chi connectivity index (χ2n) is 7.49. The van der Waals surface area contributed by atoms with Gasteiger partial charge in [-0.3, -0.25) is 9.78 Å². The molecule has 1 amide bonds. The van der Waals surface area contributed by atoms with Crippen molar-refractivity contribution in [2.24, 2.45) is 13.0 Å². The van der Waals surface area contributed by atoms with Gasteiger partial charge in [0.15, 0.2) is 0 Å². The lowest BCUT2D eigenvalue weighted by molar-refractivity contribution is 0.185. The molecule has 0 radical (unpaired) electrons. The molecule has 0 fully saturated rings. The third kappa shape index (κ3) is 4.47. The van der Waals surface area contributed by atoms with Crippen LogP contribution in [0.3, 0.4) is 0 Å². The number of ether oxygens (including phenoxy) is 1. The number of benzene rings is 1. The molecule has 0 saturated carbocycles. The van der Waals surface area contributed by atoms with Crippen molar-refractivity contribution in [3.8, 4) is 5.75 Å².